The summed E-state index contributed by atoms with van der Waals surface area (Å²) in [7, 11) is 0. The van der Waals surface area contributed by atoms with E-state index in [-0.39, 0.29) is 17.4 Å². The minimum absolute atomic E-state index is 0.0572. The molecule has 0 aromatic heterocycles. The number of nitrogens with zero attached hydrogens (tertiary/aromatic N) is 2. The number of piperazine rings is 1. The molecule has 3 aromatic carbocycles. The number of carbonyl (C=O) groups excluding carboxylic acids is 3. The van der Waals surface area contributed by atoms with Gasteiger partial charge in [-0.3, -0.25) is 14.4 Å². The van der Waals surface area contributed by atoms with Crippen molar-refractivity contribution in [3.05, 3.63) is 101 Å². The molecular formula is C29H30FN3O3. The first-order valence-corrected chi connectivity index (χ1v) is 12.2. The van der Waals surface area contributed by atoms with Crippen molar-refractivity contribution in [1.82, 2.24) is 9.80 Å². The van der Waals surface area contributed by atoms with Crippen molar-refractivity contribution in [3.8, 4) is 0 Å². The third-order valence-electron chi connectivity index (χ3n) is 6.47. The van der Waals surface area contributed by atoms with Crippen LogP contribution in [0.2, 0.25) is 0 Å². The van der Waals surface area contributed by atoms with Crippen LogP contribution in [0.5, 0.6) is 0 Å². The zero-order valence-corrected chi connectivity index (χ0v) is 20.4. The predicted octanol–water partition coefficient (Wildman–Crippen LogP) is 4.69. The number of aryl methyl sites for hydroxylation is 2. The highest BCUT2D eigenvalue weighted by Crippen LogP contribution is 2.21. The molecule has 0 spiro atoms. The molecular weight excluding hydrogens is 457 g/mol. The van der Waals surface area contributed by atoms with E-state index in [9.17, 15) is 18.8 Å². The van der Waals surface area contributed by atoms with Crippen LogP contribution in [0.4, 0.5) is 10.1 Å². The Hall–Kier alpha value is -4.00. The van der Waals surface area contributed by atoms with Crippen LogP contribution in [-0.4, -0.2) is 53.7 Å². The predicted molar refractivity (Wildman–Crippen MR) is 137 cm³/mol. The Bertz CT molecular complexity index is 1240. The maximum absolute atomic E-state index is 14.0. The smallest absolute Gasteiger partial charge is 0.258 e. The molecule has 7 heteroatoms. The standard InChI is InChI=1S/C29H30FN3O3/c1-21-14-15-23(20-26(21)31-28(35)24-11-5-6-12-25(24)30)29(36)33-18-16-32(17-19-33)27(34)13-7-10-22-8-3-2-4-9-22/h2-6,8-9,11-12,14-15,20H,7,10,13,16-19H2,1H3,(H,31,35). The van der Waals surface area contributed by atoms with Gasteiger partial charge in [0.05, 0.1) is 5.56 Å². The van der Waals surface area contributed by atoms with Gasteiger partial charge >= 0.3 is 0 Å². The van der Waals surface area contributed by atoms with Crippen molar-refractivity contribution < 1.29 is 18.8 Å². The van der Waals surface area contributed by atoms with Crippen molar-refractivity contribution in [2.24, 2.45) is 0 Å². The highest BCUT2D eigenvalue weighted by molar-refractivity contribution is 6.05. The van der Waals surface area contributed by atoms with Crippen molar-refractivity contribution in [1.29, 1.82) is 0 Å². The van der Waals surface area contributed by atoms with E-state index in [0.717, 1.165) is 18.4 Å². The molecule has 0 bridgehead atoms. The van der Waals surface area contributed by atoms with Gasteiger partial charge in [0.1, 0.15) is 5.82 Å². The van der Waals surface area contributed by atoms with Crippen LogP contribution in [-0.2, 0) is 11.2 Å². The second-order valence-corrected chi connectivity index (χ2v) is 8.98. The van der Waals surface area contributed by atoms with E-state index >= 15 is 0 Å². The highest BCUT2D eigenvalue weighted by Gasteiger charge is 2.25. The molecule has 6 nitrogen and oxygen atoms in total. The Balaban J connectivity index is 1.31. The van der Waals surface area contributed by atoms with Gasteiger partial charge in [0.2, 0.25) is 5.91 Å². The molecule has 1 aliphatic heterocycles. The van der Waals surface area contributed by atoms with Crippen LogP contribution in [0, 0.1) is 12.7 Å². The summed E-state index contributed by atoms with van der Waals surface area (Å²) >= 11 is 0. The average Bonchev–Trinajstić information content (AvgIpc) is 2.90. The topological polar surface area (TPSA) is 69.7 Å². The number of benzene rings is 3. The molecule has 1 saturated heterocycles. The molecule has 0 saturated carbocycles. The van der Waals surface area contributed by atoms with E-state index in [2.05, 4.69) is 17.4 Å². The first kappa shape index (κ1) is 25.1. The van der Waals surface area contributed by atoms with Crippen LogP contribution in [0.25, 0.3) is 0 Å². The maximum atomic E-state index is 14.0. The van der Waals surface area contributed by atoms with Crippen LogP contribution in [0.3, 0.4) is 0 Å². The van der Waals surface area contributed by atoms with Gasteiger partial charge in [-0.05, 0) is 55.2 Å². The molecule has 1 aliphatic rings. The largest absolute Gasteiger partial charge is 0.339 e. The molecule has 36 heavy (non-hydrogen) atoms. The number of anilines is 1. The van der Waals surface area contributed by atoms with Gasteiger partial charge in [0, 0.05) is 43.9 Å². The van der Waals surface area contributed by atoms with Crippen molar-refractivity contribution >= 4 is 23.4 Å². The molecule has 0 unspecified atom stereocenters. The monoisotopic (exact) mass is 487 g/mol. The van der Waals surface area contributed by atoms with Gasteiger partial charge in [0.15, 0.2) is 0 Å². The Labute approximate surface area is 210 Å². The Morgan fingerprint density at radius 1 is 0.861 bits per heavy atom. The highest BCUT2D eigenvalue weighted by atomic mass is 19.1. The van der Waals surface area contributed by atoms with E-state index < -0.39 is 11.7 Å². The average molecular weight is 488 g/mol. The summed E-state index contributed by atoms with van der Waals surface area (Å²) in [5.74, 6) is -1.22. The SMILES string of the molecule is Cc1ccc(C(=O)N2CCN(C(=O)CCCc3ccccc3)CC2)cc1NC(=O)c1ccccc1F. The van der Waals surface area contributed by atoms with Gasteiger partial charge in [-0.1, -0.05) is 48.5 Å². The second-order valence-electron chi connectivity index (χ2n) is 8.98. The van der Waals surface area contributed by atoms with Crippen LogP contribution >= 0.6 is 0 Å². The lowest BCUT2D eigenvalue weighted by atomic mass is 10.1. The van der Waals surface area contributed by atoms with Crippen molar-refractivity contribution in [2.45, 2.75) is 26.2 Å². The quantitative estimate of drug-likeness (QED) is 0.526. The minimum atomic E-state index is -0.604. The Morgan fingerprint density at radius 2 is 1.53 bits per heavy atom. The van der Waals surface area contributed by atoms with Crippen LogP contribution in [0.15, 0.2) is 72.8 Å². The molecule has 0 aliphatic carbocycles. The number of nitrogens with one attached hydrogen (secondary N) is 1. The van der Waals surface area contributed by atoms with Crippen LogP contribution < -0.4 is 5.32 Å². The number of amides is 3. The summed E-state index contributed by atoms with van der Waals surface area (Å²) in [6.45, 7) is 3.72. The molecule has 3 amide bonds. The second kappa shape index (κ2) is 11.6. The first-order chi connectivity index (χ1) is 17.4. The van der Waals surface area contributed by atoms with Gasteiger partial charge in [-0.15, -0.1) is 0 Å². The summed E-state index contributed by atoms with van der Waals surface area (Å²) in [6.07, 6.45) is 2.16. The summed E-state index contributed by atoms with van der Waals surface area (Å²) < 4.78 is 14.0. The fourth-order valence-corrected chi connectivity index (χ4v) is 4.31. The molecule has 3 aromatic rings. The fraction of sp³-hybridized carbons (Fsp3) is 0.276. The fourth-order valence-electron chi connectivity index (χ4n) is 4.31. The number of hydrogen-bond donors (Lipinski definition) is 1. The summed E-state index contributed by atoms with van der Waals surface area (Å²) in [4.78, 5) is 41.8. The molecule has 0 radical (unpaired) electrons. The number of hydrogen-bond acceptors (Lipinski definition) is 3. The molecule has 1 heterocycles. The summed E-state index contributed by atoms with van der Waals surface area (Å²) in [5.41, 5.74) is 2.83. The third-order valence-corrected chi connectivity index (χ3v) is 6.47. The van der Waals surface area contributed by atoms with E-state index in [0.29, 0.717) is 43.9 Å². The van der Waals surface area contributed by atoms with E-state index in [1.165, 1.54) is 23.8 Å². The zero-order valence-electron chi connectivity index (χ0n) is 20.4. The van der Waals surface area contributed by atoms with E-state index in [4.69, 9.17) is 0 Å². The summed E-state index contributed by atoms with van der Waals surface area (Å²) in [5, 5.41) is 2.72. The Kier molecular flexibility index (Phi) is 8.10. The lowest BCUT2D eigenvalue weighted by Crippen LogP contribution is -2.50. The van der Waals surface area contributed by atoms with E-state index in [1.807, 2.05) is 30.0 Å². The van der Waals surface area contributed by atoms with Gasteiger partial charge in [0.25, 0.3) is 11.8 Å². The lowest BCUT2D eigenvalue weighted by molar-refractivity contribution is -0.132. The number of halogens is 1. The summed E-state index contributed by atoms with van der Waals surface area (Å²) in [6, 6.07) is 21.0. The number of carbonyl (C=O) groups is 3. The molecule has 0 atom stereocenters. The zero-order chi connectivity index (χ0) is 25.5. The Morgan fingerprint density at radius 3 is 2.25 bits per heavy atom. The van der Waals surface area contributed by atoms with Crippen molar-refractivity contribution in [3.63, 3.8) is 0 Å². The van der Waals surface area contributed by atoms with Crippen molar-refractivity contribution in [2.75, 3.05) is 31.5 Å². The molecule has 4 rings (SSSR count). The minimum Gasteiger partial charge on any atom is -0.339 e. The van der Waals surface area contributed by atoms with Gasteiger partial charge in [-0.2, -0.15) is 0 Å². The molecule has 1 fully saturated rings. The molecule has 186 valence electrons. The maximum Gasteiger partial charge on any atom is 0.258 e. The van der Waals surface area contributed by atoms with Gasteiger partial charge < -0.3 is 15.1 Å². The molecule has 1 N–H and O–H groups in total. The first-order valence-electron chi connectivity index (χ1n) is 12.2. The van der Waals surface area contributed by atoms with Crippen LogP contribution in [0.1, 0.15) is 44.7 Å². The van der Waals surface area contributed by atoms with E-state index in [1.54, 1.807) is 29.2 Å². The number of rotatable bonds is 7. The normalized spacial score (nSPS) is 13.4. The third kappa shape index (κ3) is 6.16. The van der Waals surface area contributed by atoms with Gasteiger partial charge in [-0.25, -0.2) is 4.39 Å². The lowest BCUT2D eigenvalue weighted by Gasteiger charge is -2.35.